The van der Waals surface area contributed by atoms with E-state index < -0.39 is 15.7 Å². The first-order valence-corrected chi connectivity index (χ1v) is 7.88. The largest absolute Gasteiger partial charge is 0.309 e. The van der Waals surface area contributed by atoms with E-state index in [1.165, 1.54) is 6.07 Å². The Morgan fingerprint density at radius 2 is 1.80 bits per heavy atom. The van der Waals surface area contributed by atoms with Gasteiger partial charge in [-0.3, -0.25) is 4.98 Å². The number of halogens is 1. The SMILES string of the molecule is CNC(c1ccc(S(C)(=O)=O)cc1)c1cncc(F)c1. The van der Waals surface area contributed by atoms with Crippen molar-refractivity contribution in [1.82, 2.24) is 10.3 Å². The van der Waals surface area contributed by atoms with Gasteiger partial charge in [-0.25, -0.2) is 12.8 Å². The fourth-order valence-electron chi connectivity index (χ4n) is 2.02. The Kier molecular flexibility index (Phi) is 4.15. The van der Waals surface area contributed by atoms with E-state index in [1.807, 2.05) is 0 Å². The van der Waals surface area contributed by atoms with Crippen molar-refractivity contribution >= 4 is 9.84 Å². The Bertz CT molecular complexity index is 699. The lowest BCUT2D eigenvalue weighted by Gasteiger charge is -2.17. The van der Waals surface area contributed by atoms with Gasteiger partial charge in [-0.2, -0.15) is 0 Å². The van der Waals surface area contributed by atoms with Crippen molar-refractivity contribution in [3.8, 4) is 0 Å². The van der Waals surface area contributed by atoms with Gasteiger partial charge in [-0.1, -0.05) is 12.1 Å². The van der Waals surface area contributed by atoms with Gasteiger partial charge in [-0.05, 0) is 36.4 Å². The number of rotatable bonds is 4. The fraction of sp³-hybridized carbons (Fsp3) is 0.214. The normalized spacial score (nSPS) is 13.2. The molecule has 0 saturated carbocycles. The third kappa shape index (κ3) is 3.20. The van der Waals surface area contributed by atoms with Crippen molar-refractivity contribution in [3.63, 3.8) is 0 Å². The molecule has 1 unspecified atom stereocenters. The summed E-state index contributed by atoms with van der Waals surface area (Å²) >= 11 is 0. The highest BCUT2D eigenvalue weighted by molar-refractivity contribution is 7.90. The number of aromatic nitrogens is 1. The first-order chi connectivity index (χ1) is 9.41. The Labute approximate surface area is 117 Å². The molecule has 1 heterocycles. The highest BCUT2D eigenvalue weighted by Gasteiger charge is 2.14. The van der Waals surface area contributed by atoms with Crippen LogP contribution in [-0.4, -0.2) is 26.7 Å². The number of sulfone groups is 1. The maximum absolute atomic E-state index is 13.2. The maximum Gasteiger partial charge on any atom is 0.175 e. The minimum atomic E-state index is -3.22. The van der Waals surface area contributed by atoms with E-state index in [4.69, 9.17) is 0 Å². The van der Waals surface area contributed by atoms with Crippen LogP contribution in [0.25, 0.3) is 0 Å². The molecule has 0 bridgehead atoms. The van der Waals surface area contributed by atoms with Gasteiger partial charge in [0.15, 0.2) is 9.84 Å². The summed E-state index contributed by atoms with van der Waals surface area (Å²) in [5.74, 6) is -0.407. The van der Waals surface area contributed by atoms with E-state index in [1.54, 1.807) is 37.5 Å². The topological polar surface area (TPSA) is 59.1 Å². The summed E-state index contributed by atoms with van der Waals surface area (Å²) in [4.78, 5) is 4.08. The third-order valence-electron chi connectivity index (χ3n) is 2.99. The highest BCUT2D eigenvalue weighted by Crippen LogP contribution is 2.23. The van der Waals surface area contributed by atoms with Crippen LogP contribution in [-0.2, 0) is 9.84 Å². The van der Waals surface area contributed by atoms with Gasteiger partial charge in [0.1, 0.15) is 5.82 Å². The second kappa shape index (κ2) is 5.68. The summed E-state index contributed by atoms with van der Waals surface area (Å²) < 4.78 is 36.1. The van der Waals surface area contributed by atoms with Gasteiger partial charge in [-0.15, -0.1) is 0 Å². The summed E-state index contributed by atoms with van der Waals surface area (Å²) in [6, 6.07) is 7.67. The Balaban J connectivity index is 2.38. The summed E-state index contributed by atoms with van der Waals surface area (Å²) in [6.07, 6.45) is 3.88. The molecule has 1 atom stereocenters. The van der Waals surface area contributed by atoms with Crippen LogP contribution < -0.4 is 5.32 Å². The molecule has 1 aromatic heterocycles. The lowest BCUT2D eigenvalue weighted by molar-refractivity contribution is 0.601. The zero-order chi connectivity index (χ0) is 14.8. The number of nitrogens with zero attached hydrogens (tertiary/aromatic N) is 1. The molecule has 0 spiro atoms. The first-order valence-electron chi connectivity index (χ1n) is 5.99. The highest BCUT2D eigenvalue weighted by atomic mass is 32.2. The van der Waals surface area contributed by atoms with Crippen molar-refractivity contribution in [2.45, 2.75) is 10.9 Å². The molecule has 6 heteroatoms. The minimum Gasteiger partial charge on any atom is -0.309 e. The lowest BCUT2D eigenvalue weighted by atomic mass is 10.0. The van der Waals surface area contributed by atoms with Gasteiger partial charge in [0.05, 0.1) is 17.1 Å². The van der Waals surface area contributed by atoms with Crippen LogP contribution in [0.2, 0.25) is 0 Å². The number of pyridine rings is 1. The van der Waals surface area contributed by atoms with Crippen LogP contribution in [0.4, 0.5) is 4.39 Å². The van der Waals surface area contributed by atoms with Gasteiger partial charge >= 0.3 is 0 Å². The van der Waals surface area contributed by atoms with Gasteiger partial charge in [0.2, 0.25) is 0 Å². The molecule has 4 nitrogen and oxygen atoms in total. The molecule has 0 aliphatic heterocycles. The molecule has 106 valence electrons. The van der Waals surface area contributed by atoms with Gasteiger partial charge < -0.3 is 5.32 Å². The number of benzene rings is 1. The average molecular weight is 294 g/mol. The molecule has 0 fully saturated rings. The first kappa shape index (κ1) is 14.6. The zero-order valence-electron chi connectivity index (χ0n) is 11.2. The van der Waals surface area contributed by atoms with Crippen molar-refractivity contribution in [3.05, 3.63) is 59.7 Å². The second-order valence-corrected chi connectivity index (χ2v) is 6.52. The van der Waals surface area contributed by atoms with Crippen LogP contribution in [0.15, 0.2) is 47.6 Å². The molecule has 0 aliphatic rings. The molecule has 2 aromatic rings. The Morgan fingerprint density at radius 1 is 1.15 bits per heavy atom. The average Bonchev–Trinajstić information content (AvgIpc) is 2.39. The standard InChI is InChI=1S/C14H15FN2O2S/c1-16-14(11-7-12(15)9-17-8-11)10-3-5-13(6-4-10)20(2,18)19/h3-9,14,16H,1-2H3. The van der Waals surface area contributed by atoms with Gasteiger partial charge in [0.25, 0.3) is 0 Å². The summed E-state index contributed by atoms with van der Waals surface area (Å²) in [5, 5.41) is 3.06. The fourth-order valence-corrected chi connectivity index (χ4v) is 2.65. The molecule has 1 N–H and O–H groups in total. The minimum absolute atomic E-state index is 0.244. The van der Waals surface area contributed by atoms with E-state index in [9.17, 15) is 12.8 Å². The van der Waals surface area contributed by atoms with Crippen molar-refractivity contribution < 1.29 is 12.8 Å². The lowest BCUT2D eigenvalue weighted by Crippen LogP contribution is -2.18. The molecule has 0 saturated heterocycles. The number of hydrogen-bond acceptors (Lipinski definition) is 4. The molecule has 0 amide bonds. The zero-order valence-corrected chi connectivity index (χ0v) is 12.0. The van der Waals surface area contributed by atoms with Crippen molar-refractivity contribution in [2.24, 2.45) is 0 Å². The maximum atomic E-state index is 13.2. The predicted octanol–water partition coefficient (Wildman–Crippen LogP) is 1.93. The van der Waals surface area contributed by atoms with Crippen LogP contribution >= 0.6 is 0 Å². The number of hydrogen-bond donors (Lipinski definition) is 1. The van der Waals surface area contributed by atoms with Gasteiger partial charge in [0, 0.05) is 12.5 Å². The molecule has 0 radical (unpaired) electrons. The van der Waals surface area contributed by atoms with E-state index >= 15 is 0 Å². The van der Waals surface area contributed by atoms with Crippen LogP contribution in [0, 0.1) is 5.82 Å². The second-order valence-electron chi connectivity index (χ2n) is 4.50. The summed E-state index contributed by atoms with van der Waals surface area (Å²) in [6.45, 7) is 0. The van der Waals surface area contributed by atoms with E-state index in [2.05, 4.69) is 10.3 Å². The Hall–Kier alpha value is -1.79. The van der Waals surface area contributed by atoms with E-state index in [-0.39, 0.29) is 10.9 Å². The summed E-state index contributed by atoms with van der Waals surface area (Å²) in [7, 11) is -1.47. The molecule has 2 rings (SSSR count). The molecule has 20 heavy (non-hydrogen) atoms. The predicted molar refractivity (Wildman–Crippen MR) is 74.6 cm³/mol. The third-order valence-corrected chi connectivity index (χ3v) is 4.12. The van der Waals surface area contributed by atoms with E-state index in [0.717, 1.165) is 18.0 Å². The van der Waals surface area contributed by atoms with Crippen molar-refractivity contribution in [1.29, 1.82) is 0 Å². The number of nitrogens with one attached hydrogen (secondary N) is 1. The quantitative estimate of drug-likeness (QED) is 0.936. The molecular formula is C14H15FN2O2S. The van der Waals surface area contributed by atoms with Crippen LogP contribution in [0.1, 0.15) is 17.2 Å². The molecule has 0 aliphatic carbocycles. The molecular weight excluding hydrogens is 279 g/mol. The van der Waals surface area contributed by atoms with Crippen molar-refractivity contribution in [2.75, 3.05) is 13.3 Å². The Morgan fingerprint density at radius 3 is 2.30 bits per heavy atom. The summed E-state index contributed by atoms with van der Waals surface area (Å²) in [5.41, 5.74) is 1.52. The van der Waals surface area contributed by atoms with Crippen LogP contribution in [0.3, 0.4) is 0 Å². The van der Waals surface area contributed by atoms with Crippen LogP contribution in [0.5, 0.6) is 0 Å². The smallest absolute Gasteiger partial charge is 0.175 e. The molecule has 1 aromatic carbocycles. The van der Waals surface area contributed by atoms with E-state index in [0.29, 0.717) is 5.56 Å². The monoisotopic (exact) mass is 294 g/mol.